The molecule has 1 aliphatic rings. The Morgan fingerprint density at radius 1 is 1.24 bits per heavy atom. The van der Waals surface area contributed by atoms with Gasteiger partial charge in [0.2, 0.25) is 5.91 Å². The fourth-order valence-electron chi connectivity index (χ4n) is 4.78. The van der Waals surface area contributed by atoms with Crippen LogP contribution in [0.2, 0.25) is 0 Å². The quantitative estimate of drug-likeness (QED) is 0.280. The van der Waals surface area contributed by atoms with Gasteiger partial charge in [0, 0.05) is 47.8 Å². The van der Waals surface area contributed by atoms with Crippen molar-refractivity contribution < 1.29 is 27.1 Å². The number of rotatable bonds is 5. The van der Waals surface area contributed by atoms with E-state index in [1.807, 2.05) is 6.92 Å². The van der Waals surface area contributed by atoms with Gasteiger partial charge < -0.3 is 20.3 Å². The molecular formula is C25H22F4N6O2S. The Morgan fingerprint density at radius 2 is 2.00 bits per heavy atom. The maximum absolute atomic E-state index is 16.3. The standard InChI is InChI=1S/C25H22F4N6O2S/c1-4-16(36)35-8-7-34(10-11(35)2)23-14-9-13(22(28)29)17(18(27)19(14)32-25(33-23)37-3)12-5-6-15(26)21-20(12)31-24(30)38-21/h4-6,9,11,22H,1,7-8,10H2,2-3H3,(H2,30,31). The van der Waals surface area contributed by atoms with E-state index in [0.29, 0.717) is 19.6 Å². The van der Waals surface area contributed by atoms with Crippen LogP contribution in [0.5, 0.6) is 6.01 Å². The second kappa shape index (κ2) is 9.71. The minimum Gasteiger partial charge on any atom is -0.467 e. The first kappa shape index (κ1) is 25.6. The number of aromatic nitrogens is 3. The monoisotopic (exact) mass is 546 g/mol. The highest BCUT2D eigenvalue weighted by Gasteiger charge is 2.31. The van der Waals surface area contributed by atoms with Crippen molar-refractivity contribution in [2.75, 3.05) is 37.4 Å². The fraction of sp³-hybridized carbons (Fsp3) is 0.280. The third kappa shape index (κ3) is 4.16. The van der Waals surface area contributed by atoms with Crippen LogP contribution in [0.25, 0.3) is 32.2 Å². The van der Waals surface area contributed by atoms with E-state index in [4.69, 9.17) is 10.5 Å². The number of alkyl halides is 2. The molecule has 0 radical (unpaired) electrons. The molecule has 0 bridgehead atoms. The largest absolute Gasteiger partial charge is 0.467 e. The van der Waals surface area contributed by atoms with Crippen molar-refractivity contribution in [3.8, 4) is 17.1 Å². The van der Waals surface area contributed by atoms with Crippen LogP contribution in [0, 0.1) is 11.6 Å². The summed E-state index contributed by atoms with van der Waals surface area (Å²) in [6.07, 6.45) is -1.86. The highest BCUT2D eigenvalue weighted by Crippen LogP contribution is 2.43. The number of fused-ring (bicyclic) bond motifs is 2. The van der Waals surface area contributed by atoms with Crippen molar-refractivity contribution in [2.45, 2.75) is 19.4 Å². The van der Waals surface area contributed by atoms with Crippen LogP contribution in [0.1, 0.15) is 18.9 Å². The first-order valence-corrected chi connectivity index (χ1v) is 12.3. The highest BCUT2D eigenvalue weighted by atomic mass is 32.1. The molecule has 1 saturated heterocycles. The summed E-state index contributed by atoms with van der Waals surface area (Å²) < 4.78 is 64.8. The van der Waals surface area contributed by atoms with Crippen LogP contribution in [-0.4, -0.2) is 58.5 Å². The summed E-state index contributed by atoms with van der Waals surface area (Å²) in [6, 6.07) is 2.98. The maximum Gasteiger partial charge on any atom is 0.318 e. The number of nitrogens with zero attached hydrogens (tertiary/aromatic N) is 5. The van der Waals surface area contributed by atoms with E-state index >= 15 is 4.39 Å². The highest BCUT2D eigenvalue weighted by molar-refractivity contribution is 7.22. The SMILES string of the molecule is C=CC(=O)N1CCN(c2nc(OC)nc3c(F)c(-c4ccc(F)c5sc(N)nc45)c(C(F)F)cc23)CC1C. The average Bonchev–Trinajstić information content (AvgIpc) is 3.30. The minimum atomic E-state index is -3.09. The molecule has 3 heterocycles. The second-order valence-electron chi connectivity index (χ2n) is 8.74. The second-order valence-corrected chi connectivity index (χ2v) is 9.77. The Hall–Kier alpha value is -4.00. The molecule has 1 atom stereocenters. The lowest BCUT2D eigenvalue weighted by Gasteiger charge is -2.40. The Morgan fingerprint density at radius 3 is 2.66 bits per heavy atom. The van der Waals surface area contributed by atoms with Gasteiger partial charge in [0.1, 0.15) is 17.2 Å². The molecule has 2 N–H and O–H groups in total. The van der Waals surface area contributed by atoms with Gasteiger partial charge >= 0.3 is 6.01 Å². The number of thiazole rings is 1. The number of halogens is 4. The summed E-state index contributed by atoms with van der Waals surface area (Å²) in [6.45, 7) is 6.28. The molecule has 2 aromatic carbocycles. The third-order valence-electron chi connectivity index (χ3n) is 6.50. The molecule has 1 fully saturated rings. The number of piperazine rings is 1. The van der Waals surface area contributed by atoms with Gasteiger partial charge in [0.15, 0.2) is 10.9 Å². The van der Waals surface area contributed by atoms with Crippen LogP contribution >= 0.6 is 11.3 Å². The normalized spacial score (nSPS) is 16.0. The zero-order chi connectivity index (χ0) is 27.3. The topological polar surface area (TPSA) is 97.5 Å². The van der Waals surface area contributed by atoms with Crippen LogP contribution < -0.4 is 15.4 Å². The zero-order valence-electron chi connectivity index (χ0n) is 20.3. The average molecular weight is 547 g/mol. The van der Waals surface area contributed by atoms with Crippen molar-refractivity contribution in [1.82, 2.24) is 19.9 Å². The summed E-state index contributed by atoms with van der Waals surface area (Å²) in [5, 5.41) is 0.0646. The van der Waals surface area contributed by atoms with Crippen LogP contribution in [-0.2, 0) is 4.79 Å². The molecule has 5 rings (SSSR count). The van der Waals surface area contributed by atoms with Gasteiger partial charge in [-0.3, -0.25) is 4.79 Å². The van der Waals surface area contributed by atoms with E-state index in [-0.39, 0.29) is 55.6 Å². The van der Waals surface area contributed by atoms with E-state index in [1.165, 1.54) is 19.3 Å². The van der Waals surface area contributed by atoms with E-state index in [2.05, 4.69) is 21.5 Å². The summed E-state index contributed by atoms with van der Waals surface area (Å²) in [7, 11) is 1.31. The van der Waals surface area contributed by atoms with Gasteiger partial charge in [-0.1, -0.05) is 17.9 Å². The van der Waals surface area contributed by atoms with Gasteiger partial charge in [-0.05, 0) is 31.2 Å². The Balaban J connectivity index is 1.74. The lowest BCUT2D eigenvalue weighted by atomic mass is 9.95. The number of benzene rings is 2. The molecule has 38 heavy (non-hydrogen) atoms. The number of hydrogen-bond acceptors (Lipinski definition) is 8. The van der Waals surface area contributed by atoms with Gasteiger partial charge in [0.25, 0.3) is 6.43 Å². The van der Waals surface area contributed by atoms with Crippen molar-refractivity contribution >= 4 is 49.3 Å². The lowest BCUT2D eigenvalue weighted by Crippen LogP contribution is -2.54. The van der Waals surface area contributed by atoms with E-state index < -0.39 is 29.2 Å². The van der Waals surface area contributed by atoms with Crippen LogP contribution in [0.4, 0.5) is 28.5 Å². The zero-order valence-corrected chi connectivity index (χ0v) is 21.2. The first-order chi connectivity index (χ1) is 18.1. The van der Waals surface area contributed by atoms with E-state index in [9.17, 15) is 18.0 Å². The Bertz CT molecular complexity index is 1590. The predicted octanol–water partition coefficient (Wildman–Crippen LogP) is 4.94. The van der Waals surface area contributed by atoms with Crippen molar-refractivity contribution in [2.24, 2.45) is 0 Å². The van der Waals surface area contributed by atoms with Crippen LogP contribution in [0.3, 0.4) is 0 Å². The van der Waals surface area contributed by atoms with E-state index in [1.54, 1.807) is 9.80 Å². The molecule has 13 heteroatoms. The number of carbonyl (C=O) groups excluding carboxylic acids is 1. The molecule has 1 amide bonds. The predicted molar refractivity (Wildman–Crippen MR) is 138 cm³/mol. The third-order valence-corrected chi connectivity index (χ3v) is 7.40. The number of methoxy groups -OCH3 is 1. The lowest BCUT2D eigenvalue weighted by molar-refractivity contribution is -0.128. The maximum atomic E-state index is 16.3. The van der Waals surface area contributed by atoms with Crippen molar-refractivity contribution in [3.05, 3.63) is 48.1 Å². The van der Waals surface area contributed by atoms with Gasteiger partial charge in [-0.2, -0.15) is 9.97 Å². The number of carbonyl (C=O) groups is 1. The molecule has 0 spiro atoms. The van der Waals surface area contributed by atoms with E-state index in [0.717, 1.165) is 23.5 Å². The number of nitrogen functional groups attached to an aromatic ring is 1. The molecule has 4 aromatic rings. The minimum absolute atomic E-state index is 0.0145. The molecule has 1 aliphatic heterocycles. The van der Waals surface area contributed by atoms with Crippen molar-refractivity contribution in [3.63, 3.8) is 0 Å². The number of nitrogens with two attached hydrogens (primary N) is 1. The first-order valence-electron chi connectivity index (χ1n) is 11.5. The number of anilines is 2. The van der Waals surface area contributed by atoms with Crippen molar-refractivity contribution in [1.29, 1.82) is 0 Å². The molecule has 8 nitrogen and oxygen atoms in total. The van der Waals surface area contributed by atoms with Gasteiger partial charge in [0.05, 0.1) is 17.3 Å². The molecule has 0 saturated carbocycles. The Kier molecular flexibility index (Phi) is 6.55. The summed E-state index contributed by atoms with van der Waals surface area (Å²) >= 11 is 0.838. The summed E-state index contributed by atoms with van der Waals surface area (Å²) in [4.78, 5) is 28.1. The Labute approximate surface area is 218 Å². The number of ether oxygens (including phenoxy) is 1. The smallest absolute Gasteiger partial charge is 0.318 e. The summed E-state index contributed by atoms with van der Waals surface area (Å²) in [5.74, 6) is -1.73. The molecule has 2 aromatic heterocycles. The molecule has 198 valence electrons. The van der Waals surface area contributed by atoms with Gasteiger partial charge in [-0.15, -0.1) is 0 Å². The van der Waals surface area contributed by atoms with Crippen LogP contribution in [0.15, 0.2) is 30.9 Å². The van der Waals surface area contributed by atoms with Gasteiger partial charge in [-0.25, -0.2) is 22.5 Å². The number of amides is 1. The molecular weight excluding hydrogens is 524 g/mol. The number of hydrogen-bond donors (Lipinski definition) is 1. The molecule has 1 unspecified atom stereocenters. The molecule has 0 aliphatic carbocycles. The fourth-order valence-corrected chi connectivity index (χ4v) is 5.54. The summed E-state index contributed by atoms with van der Waals surface area (Å²) in [5.41, 5.74) is 4.36.